The molecule has 0 bridgehead atoms. The molecule has 0 spiro atoms. The minimum Gasteiger partial charge on any atom is -0.341 e. The quantitative estimate of drug-likeness (QED) is 0.542. The molecule has 0 saturated carbocycles. The Bertz CT molecular complexity index is 343. The first-order valence-electron chi connectivity index (χ1n) is 8.25. The van der Waals surface area contributed by atoms with Crippen molar-refractivity contribution < 1.29 is 9.59 Å². The summed E-state index contributed by atoms with van der Waals surface area (Å²) in [6.45, 7) is 15.1. The molecular weight excluding hydrogens is 351 g/mol. The zero-order chi connectivity index (χ0) is 17.1. The molecule has 0 atom stereocenters. The second-order valence-corrected chi connectivity index (χ2v) is 5.88. The van der Waals surface area contributed by atoms with Gasteiger partial charge in [-0.15, -0.1) is 24.8 Å². The summed E-state index contributed by atoms with van der Waals surface area (Å²) < 4.78 is 0. The molecule has 0 heterocycles. The van der Waals surface area contributed by atoms with E-state index in [4.69, 9.17) is 0 Å². The van der Waals surface area contributed by atoms with Crippen molar-refractivity contribution >= 4 is 36.6 Å². The van der Waals surface area contributed by atoms with Gasteiger partial charge in [-0.05, 0) is 13.8 Å². The van der Waals surface area contributed by atoms with Crippen molar-refractivity contribution in [2.45, 2.75) is 41.5 Å². The molecule has 0 aromatic rings. The van der Waals surface area contributed by atoms with Gasteiger partial charge in [-0.25, -0.2) is 0 Å². The lowest BCUT2D eigenvalue weighted by Gasteiger charge is -2.22. The second-order valence-electron chi connectivity index (χ2n) is 5.88. The molecule has 0 radical (unpaired) electrons. The largest absolute Gasteiger partial charge is 0.341 e. The molecule has 6 nitrogen and oxygen atoms in total. The van der Waals surface area contributed by atoms with E-state index in [9.17, 15) is 9.59 Å². The zero-order valence-corrected chi connectivity index (χ0v) is 17.5. The molecule has 2 amide bonds. The predicted octanol–water partition coefficient (Wildman–Crippen LogP) is 3.29. The predicted molar refractivity (Wildman–Crippen MR) is 103 cm³/mol. The third kappa shape index (κ3) is 10.8. The van der Waals surface area contributed by atoms with Gasteiger partial charge in [-0.1, -0.05) is 27.7 Å². The average molecular weight is 385 g/mol. The fourth-order valence-electron chi connectivity index (χ4n) is 2.05. The van der Waals surface area contributed by atoms with E-state index in [1.807, 2.05) is 41.5 Å². The summed E-state index contributed by atoms with van der Waals surface area (Å²) in [6, 6.07) is 0. The van der Waals surface area contributed by atoms with Gasteiger partial charge >= 0.3 is 0 Å². The molecule has 0 saturated heterocycles. The first-order valence-corrected chi connectivity index (χ1v) is 8.25. The number of likely N-dealkylation sites (N-methyl/N-ethyl adjacent to an activating group) is 2. The Morgan fingerprint density at radius 2 is 1.04 bits per heavy atom. The van der Waals surface area contributed by atoms with Crippen LogP contribution in [-0.4, -0.2) is 60.9 Å². The second kappa shape index (κ2) is 15.6. The van der Waals surface area contributed by atoms with Crippen LogP contribution in [-0.2, 0) is 9.59 Å². The first kappa shape index (κ1) is 27.9. The maximum atomic E-state index is 11.9. The van der Waals surface area contributed by atoms with Crippen LogP contribution in [0, 0.1) is 11.8 Å². The van der Waals surface area contributed by atoms with Crippen molar-refractivity contribution in [3.05, 3.63) is 0 Å². The molecule has 0 aliphatic carbocycles. The van der Waals surface area contributed by atoms with Gasteiger partial charge in [0.1, 0.15) is 0 Å². The number of amides is 2. The Kier molecular flexibility index (Phi) is 18.2. The van der Waals surface area contributed by atoms with E-state index in [2.05, 4.69) is 10.2 Å². The van der Waals surface area contributed by atoms with Crippen LogP contribution in [0.5, 0.6) is 0 Å². The lowest BCUT2D eigenvalue weighted by molar-refractivity contribution is -0.134. The third-order valence-corrected chi connectivity index (χ3v) is 3.41. The third-order valence-electron chi connectivity index (χ3n) is 3.41. The summed E-state index contributed by atoms with van der Waals surface area (Å²) in [5, 5.41) is 8.21. The monoisotopic (exact) mass is 384 g/mol. The topological polar surface area (TPSA) is 65.3 Å². The molecule has 0 aromatic heterocycles. The van der Waals surface area contributed by atoms with Gasteiger partial charge in [-0.2, -0.15) is 10.2 Å². The summed E-state index contributed by atoms with van der Waals surface area (Å²) in [7, 11) is 0. The standard InChI is InChI=1S/C16H32N4O2.2ClH/c1-7-19(15(21)13(3)4)11-9-17-18-10-12-20(8-2)16(22)14(5)6;;/h13-14H,7-12H2,1-6H3;2*1H. The van der Waals surface area contributed by atoms with Crippen LogP contribution in [0.3, 0.4) is 0 Å². The van der Waals surface area contributed by atoms with E-state index >= 15 is 0 Å². The average Bonchev–Trinajstić information content (AvgIpc) is 2.48. The van der Waals surface area contributed by atoms with Gasteiger partial charge < -0.3 is 9.80 Å². The molecule has 0 aliphatic heterocycles. The van der Waals surface area contributed by atoms with Crippen LogP contribution in [0.15, 0.2) is 10.2 Å². The van der Waals surface area contributed by atoms with Gasteiger partial charge in [0.05, 0.1) is 13.1 Å². The molecule has 0 unspecified atom stereocenters. The van der Waals surface area contributed by atoms with Crippen molar-refractivity contribution in [1.82, 2.24) is 9.80 Å². The molecular formula is C16H34Cl2N4O2. The molecule has 0 aliphatic rings. The van der Waals surface area contributed by atoms with Crippen molar-refractivity contribution in [3.63, 3.8) is 0 Å². The Morgan fingerprint density at radius 3 is 1.25 bits per heavy atom. The number of carbonyl (C=O) groups is 2. The highest BCUT2D eigenvalue weighted by molar-refractivity contribution is 5.85. The summed E-state index contributed by atoms with van der Waals surface area (Å²) in [4.78, 5) is 27.3. The smallest absolute Gasteiger partial charge is 0.225 e. The Labute approximate surface area is 159 Å². The maximum Gasteiger partial charge on any atom is 0.225 e. The van der Waals surface area contributed by atoms with E-state index in [0.29, 0.717) is 39.3 Å². The van der Waals surface area contributed by atoms with Crippen LogP contribution < -0.4 is 0 Å². The lowest BCUT2D eigenvalue weighted by atomic mass is 10.2. The van der Waals surface area contributed by atoms with E-state index in [0.717, 1.165) is 0 Å². The van der Waals surface area contributed by atoms with E-state index in [1.54, 1.807) is 9.80 Å². The highest BCUT2D eigenvalue weighted by Crippen LogP contribution is 2.02. The van der Waals surface area contributed by atoms with Crippen molar-refractivity contribution in [3.8, 4) is 0 Å². The number of hydrogen-bond acceptors (Lipinski definition) is 4. The maximum absolute atomic E-state index is 11.9. The fourth-order valence-corrected chi connectivity index (χ4v) is 2.05. The van der Waals surface area contributed by atoms with Crippen LogP contribution >= 0.6 is 24.8 Å². The summed E-state index contributed by atoms with van der Waals surface area (Å²) in [6.07, 6.45) is 0. The summed E-state index contributed by atoms with van der Waals surface area (Å²) in [5.41, 5.74) is 0. The van der Waals surface area contributed by atoms with Gasteiger partial charge in [0.2, 0.25) is 11.8 Å². The molecule has 144 valence electrons. The number of azo groups is 1. The summed E-state index contributed by atoms with van der Waals surface area (Å²) >= 11 is 0. The van der Waals surface area contributed by atoms with Gasteiger partial charge in [0.15, 0.2) is 0 Å². The number of hydrogen-bond donors (Lipinski definition) is 0. The van der Waals surface area contributed by atoms with E-state index in [1.165, 1.54) is 0 Å². The molecule has 8 heteroatoms. The molecule has 0 N–H and O–H groups in total. The Morgan fingerprint density at radius 1 is 0.750 bits per heavy atom. The number of carbonyl (C=O) groups excluding carboxylic acids is 2. The number of nitrogens with zero attached hydrogens (tertiary/aromatic N) is 4. The minimum absolute atomic E-state index is 0. The van der Waals surface area contributed by atoms with Crippen LogP contribution in [0.25, 0.3) is 0 Å². The van der Waals surface area contributed by atoms with Crippen molar-refractivity contribution in [2.75, 3.05) is 39.3 Å². The SMILES string of the molecule is CCN(CCN=NCCN(CC)C(=O)C(C)C)C(=O)C(C)C.Cl.Cl. The zero-order valence-electron chi connectivity index (χ0n) is 15.8. The van der Waals surface area contributed by atoms with Crippen LogP contribution in [0.2, 0.25) is 0 Å². The molecule has 0 fully saturated rings. The fraction of sp³-hybridized carbons (Fsp3) is 0.875. The van der Waals surface area contributed by atoms with E-state index in [-0.39, 0.29) is 48.5 Å². The normalized spacial score (nSPS) is 10.5. The summed E-state index contributed by atoms with van der Waals surface area (Å²) in [5.74, 6) is 0.323. The highest BCUT2D eigenvalue weighted by atomic mass is 35.5. The Hall–Kier alpha value is -0.880. The molecule has 0 rings (SSSR count). The highest BCUT2D eigenvalue weighted by Gasteiger charge is 2.15. The van der Waals surface area contributed by atoms with Crippen molar-refractivity contribution in [1.29, 1.82) is 0 Å². The number of halogens is 2. The molecule has 0 aromatic carbocycles. The van der Waals surface area contributed by atoms with Crippen LogP contribution in [0.1, 0.15) is 41.5 Å². The Balaban J connectivity index is -0.00000220. The van der Waals surface area contributed by atoms with Gasteiger partial charge in [0.25, 0.3) is 0 Å². The van der Waals surface area contributed by atoms with Crippen molar-refractivity contribution in [2.24, 2.45) is 22.1 Å². The van der Waals surface area contributed by atoms with Crippen LogP contribution in [0.4, 0.5) is 0 Å². The molecule has 24 heavy (non-hydrogen) atoms. The first-order chi connectivity index (χ1) is 10.3. The number of rotatable bonds is 10. The lowest BCUT2D eigenvalue weighted by Crippen LogP contribution is -2.36. The van der Waals surface area contributed by atoms with Gasteiger partial charge in [0, 0.05) is 38.0 Å². The van der Waals surface area contributed by atoms with E-state index < -0.39 is 0 Å². The van der Waals surface area contributed by atoms with Gasteiger partial charge in [-0.3, -0.25) is 9.59 Å². The minimum atomic E-state index is 0.